The zero-order valence-corrected chi connectivity index (χ0v) is 20.3. The van der Waals surface area contributed by atoms with E-state index in [-0.39, 0.29) is 29.0 Å². The van der Waals surface area contributed by atoms with E-state index in [0.29, 0.717) is 29.5 Å². The molecule has 7 nitrogen and oxygen atoms in total. The fourth-order valence-electron chi connectivity index (χ4n) is 4.17. The highest BCUT2D eigenvalue weighted by Crippen LogP contribution is 2.26. The van der Waals surface area contributed by atoms with Crippen molar-refractivity contribution in [2.24, 2.45) is 5.92 Å². The third-order valence-electron chi connectivity index (χ3n) is 6.05. The second-order valence-corrected chi connectivity index (χ2v) is 11.7. The summed E-state index contributed by atoms with van der Waals surface area (Å²) in [6.07, 6.45) is 1.08. The van der Waals surface area contributed by atoms with E-state index in [1.807, 2.05) is 19.9 Å². The Kier molecular flexibility index (Phi) is 6.31. The van der Waals surface area contributed by atoms with Crippen LogP contribution in [0.4, 0.5) is 0 Å². The summed E-state index contributed by atoms with van der Waals surface area (Å²) < 4.78 is 31.0. The summed E-state index contributed by atoms with van der Waals surface area (Å²) in [7, 11) is -2.93. The summed E-state index contributed by atoms with van der Waals surface area (Å²) in [6.45, 7) is 8.12. The van der Waals surface area contributed by atoms with Crippen LogP contribution >= 0.6 is 11.8 Å². The van der Waals surface area contributed by atoms with Gasteiger partial charge in [-0.25, -0.2) is 8.42 Å². The fourth-order valence-corrected chi connectivity index (χ4v) is 6.70. The molecular weight excluding hydrogens is 446 g/mol. The van der Waals surface area contributed by atoms with Crippen molar-refractivity contribution < 1.29 is 17.6 Å². The molecule has 0 radical (unpaired) electrons. The summed E-state index contributed by atoms with van der Waals surface area (Å²) in [5.41, 5.74) is 6.09. The molecule has 1 unspecified atom stereocenters. The van der Waals surface area contributed by atoms with Gasteiger partial charge in [-0.1, -0.05) is 17.8 Å². The zero-order chi connectivity index (χ0) is 23.0. The van der Waals surface area contributed by atoms with Crippen LogP contribution in [0.1, 0.15) is 45.2 Å². The predicted octanol–water partition coefficient (Wildman–Crippen LogP) is 4.05. The molecule has 0 saturated carbocycles. The largest absolute Gasteiger partial charge is 0.416 e. The maximum Gasteiger partial charge on any atom is 0.277 e. The van der Waals surface area contributed by atoms with E-state index in [4.69, 9.17) is 4.42 Å². The van der Waals surface area contributed by atoms with Gasteiger partial charge < -0.3 is 8.98 Å². The van der Waals surface area contributed by atoms with E-state index in [1.54, 1.807) is 0 Å². The molecular formula is C23H27N3O4S2. The Morgan fingerprint density at radius 2 is 1.94 bits per heavy atom. The maximum absolute atomic E-state index is 12.9. The molecule has 0 amide bonds. The molecule has 170 valence electrons. The molecule has 3 aromatic rings. The Morgan fingerprint density at radius 1 is 1.16 bits per heavy atom. The molecule has 2 aromatic heterocycles. The van der Waals surface area contributed by atoms with Crippen molar-refractivity contribution in [2.75, 3.05) is 17.3 Å². The number of rotatable bonds is 7. The lowest BCUT2D eigenvalue weighted by Gasteiger charge is -2.12. The number of aromatic nitrogens is 3. The van der Waals surface area contributed by atoms with Crippen LogP contribution in [0.5, 0.6) is 0 Å². The van der Waals surface area contributed by atoms with Crippen LogP contribution in [0.3, 0.4) is 0 Å². The number of nitrogens with zero attached hydrogens (tertiary/aromatic N) is 3. The van der Waals surface area contributed by atoms with Gasteiger partial charge in [-0.2, -0.15) is 0 Å². The summed E-state index contributed by atoms with van der Waals surface area (Å²) in [5.74, 6) is 1.04. The number of ketones is 1. The molecule has 1 atom stereocenters. The maximum atomic E-state index is 12.9. The first-order chi connectivity index (χ1) is 15.1. The third-order valence-corrected chi connectivity index (χ3v) is 8.70. The van der Waals surface area contributed by atoms with Crippen molar-refractivity contribution in [1.29, 1.82) is 0 Å². The quantitative estimate of drug-likeness (QED) is 0.377. The lowest BCUT2D eigenvalue weighted by Crippen LogP contribution is -2.07. The van der Waals surface area contributed by atoms with Crippen molar-refractivity contribution in [3.05, 3.63) is 58.2 Å². The van der Waals surface area contributed by atoms with E-state index in [1.165, 1.54) is 22.9 Å². The number of hydrogen-bond acceptors (Lipinski definition) is 7. The molecule has 1 aliphatic rings. The summed E-state index contributed by atoms with van der Waals surface area (Å²) in [6, 6.07) is 8.22. The monoisotopic (exact) mass is 473 g/mol. The number of aryl methyl sites for hydroxylation is 3. The minimum Gasteiger partial charge on any atom is -0.416 e. The van der Waals surface area contributed by atoms with Crippen molar-refractivity contribution in [3.63, 3.8) is 0 Å². The molecule has 0 bridgehead atoms. The molecule has 3 heterocycles. The molecule has 1 aliphatic heterocycles. The number of thioether (sulfide) groups is 1. The van der Waals surface area contributed by atoms with Crippen LogP contribution in [0, 0.1) is 33.6 Å². The van der Waals surface area contributed by atoms with Crippen LogP contribution in [0.25, 0.3) is 5.69 Å². The van der Waals surface area contributed by atoms with Crippen LogP contribution in [0.2, 0.25) is 0 Å². The van der Waals surface area contributed by atoms with Gasteiger partial charge in [0.05, 0.1) is 17.3 Å². The van der Waals surface area contributed by atoms with E-state index in [2.05, 4.69) is 46.8 Å². The van der Waals surface area contributed by atoms with Crippen LogP contribution in [-0.2, 0) is 16.3 Å². The number of carbonyl (C=O) groups excluding carboxylic acids is 1. The van der Waals surface area contributed by atoms with E-state index in [0.717, 1.165) is 17.1 Å². The van der Waals surface area contributed by atoms with Gasteiger partial charge in [-0.05, 0) is 69.4 Å². The average molecular weight is 474 g/mol. The van der Waals surface area contributed by atoms with Gasteiger partial charge >= 0.3 is 0 Å². The normalized spacial score (nSPS) is 17.7. The first-order valence-electron chi connectivity index (χ1n) is 10.6. The number of sulfone groups is 1. The fraction of sp³-hybridized carbons (Fsp3) is 0.435. The minimum absolute atomic E-state index is 0.000167. The second kappa shape index (κ2) is 8.86. The van der Waals surface area contributed by atoms with E-state index < -0.39 is 9.84 Å². The number of carbonyl (C=O) groups is 1. The summed E-state index contributed by atoms with van der Waals surface area (Å²) in [4.78, 5) is 12.9. The lowest BCUT2D eigenvalue weighted by molar-refractivity contribution is 0.102. The minimum atomic E-state index is -2.93. The van der Waals surface area contributed by atoms with Crippen molar-refractivity contribution in [3.8, 4) is 5.69 Å². The van der Waals surface area contributed by atoms with Crippen LogP contribution < -0.4 is 0 Å². The van der Waals surface area contributed by atoms with E-state index >= 15 is 0 Å². The zero-order valence-electron chi connectivity index (χ0n) is 18.7. The van der Waals surface area contributed by atoms with Gasteiger partial charge in [0.2, 0.25) is 5.89 Å². The number of Topliss-reactive ketones (excluding diaryl/α,β-unsaturated/α-hetero) is 1. The highest BCUT2D eigenvalue weighted by Gasteiger charge is 2.29. The molecule has 0 spiro atoms. The first-order valence-corrected chi connectivity index (χ1v) is 13.4. The lowest BCUT2D eigenvalue weighted by atomic mass is 10.1. The topological polar surface area (TPSA) is 95.1 Å². The highest BCUT2D eigenvalue weighted by atomic mass is 32.2. The molecule has 1 fully saturated rings. The summed E-state index contributed by atoms with van der Waals surface area (Å²) in [5, 5.41) is 8.36. The Bertz CT molecular complexity index is 1270. The Hall–Kier alpha value is -2.39. The second-order valence-electron chi connectivity index (χ2n) is 8.54. The van der Waals surface area contributed by atoms with Crippen molar-refractivity contribution in [1.82, 2.24) is 14.8 Å². The average Bonchev–Trinajstić information content (AvgIpc) is 3.40. The molecule has 1 aromatic carbocycles. The number of benzene rings is 1. The highest BCUT2D eigenvalue weighted by molar-refractivity contribution is 7.99. The molecule has 1 saturated heterocycles. The Morgan fingerprint density at radius 3 is 2.62 bits per heavy atom. The predicted molar refractivity (Wildman–Crippen MR) is 125 cm³/mol. The van der Waals surface area contributed by atoms with Gasteiger partial charge in [0.15, 0.2) is 15.6 Å². The molecule has 32 heavy (non-hydrogen) atoms. The third kappa shape index (κ3) is 4.83. The van der Waals surface area contributed by atoms with Crippen LogP contribution in [-0.4, -0.2) is 46.2 Å². The Labute approximate surface area is 192 Å². The molecule has 0 N–H and O–H groups in total. The van der Waals surface area contributed by atoms with Crippen molar-refractivity contribution >= 4 is 27.4 Å². The van der Waals surface area contributed by atoms with Gasteiger partial charge in [-0.3, -0.25) is 4.79 Å². The van der Waals surface area contributed by atoms with Crippen LogP contribution in [0.15, 0.2) is 33.9 Å². The van der Waals surface area contributed by atoms with Gasteiger partial charge in [0, 0.05) is 29.1 Å². The van der Waals surface area contributed by atoms with Gasteiger partial charge in [-0.15, -0.1) is 10.2 Å². The summed E-state index contributed by atoms with van der Waals surface area (Å²) >= 11 is 1.21. The van der Waals surface area contributed by atoms with Gasteiger partial charge in [0.25, 0.3) is 5.22 Å². The van der Waals surface area contributed by atoms with E-state index in [9.17, 15) is 13.2 Å². The molecule has 0 aliphatic carbocycles. The molecule has 9 heteroatoms. The standard InChI is InChI=1S/C23H27N3O4S2/c1-14-5-6-19(9-15(14)2)26-16(3)10-20(17(26)4)21(27)12-31-23-25-24-22(30-23)11-18-7-8-32(28,29)13-18/h5-6,9-10,18H,7-8,11-13H2,1-4H3. The van der Waals surface area contributed by atoms with Crippen molar-refractivity contribution in [2.45, 2.75) is 45.8 Å². The SMILES string of the molecule is Cc1ccc(-n2c(C)cc(C(=O)CSc3nnc(CC4CCS(=O)(=O)C4)o3)c2C)cc1C. The van der Waals surface area contributed by atoms with Gasteiger partial charge in [0.1, 0.15) is 0 Å². The molecule has 4 rings (SSSR count). The first kappa shape index (κ1) is 22.8. The Balaban J connectivity index is 1.42. The number of hydrogen-bond donors (Lipinski definition) is 0. The smallest absolute Gasteiger partial charge is 0.277 e.